The first-order valence-corrected chi connectivity index (χ1v) is 9.42. The quantitative estimate of drug-likeness (QED) is 0.720. The van der Waals surface area contributed by atoms with Gasteiger partial charge in [-0.05, 0) is 30.7 Å². The smallest absolute Gasteiger partial charge is 0.160 e. The Morgan fingerprint density at radius 3 is 2.55 bits per heavy atom. The molecule has 0 aliphatic rings. The molecule has 0 spiro atoms. The second kappa shape index (κ2) is 6.02. The molecule has 3 aromatic rings. The average molecular weight is 333 g/mol. The Kier molecular flexibility index (Phi) is 4.08. The van der Waals surface area contributed by atoms with E-state index in [4.69, 9.17) is 0 Å². The van der Waals surface area contributed by atoms with Gasteiger partial charge in [-0.25, -0.2) is 18.1 Å². The molecule has 5 nitrogen and oxygen atoms in total. The standard InChI is InChI=1S/C15H15N3O2S2/c1-12-17-14(9-21-12)11-22(19,20)10-13-3-5-15(6-4-13)18-8-2-7-16-18/h2-9H,10-11H2,1H3. The highest BCUT2D eigenvalue weighted by Crippen LogP contribution is 2.16. The molecule has 0 aliphatic carbocycles. The summed E-state index contributed by atoms with van der Waals surface area (Å²) in [5.41, 5.74) is 2.29. The van der Waals surface area contributed by atoms with Crippen molar-refractivity contribution in [3.63, 3.8) is 0 Å². The fourth-order valence-electron chi connectivity index (χ4n) is 2.17. The van der Waals surface area contributed by atoms with E-state index in [0.717, 1.165) is 16.3 Å². The van der Waals surface area contributed by atoms with Crippen molar-refractivity contribution in [2.24, 2.45) is 0 Å². The zero-order valence-corrected chi connectivity index (χ0v) is 13.6. The van der Waals surface area contributed by atoms with Gasteiger partial charge >= 0.3 is 0 Å². The van der Waals surface area contributed by atoms with Gasteiger partial charge in [0.1, 0.15) is 0 Å². The highest BCUT2D eigenvalue weighted by atomic mass is 32.2. The summed E-state index contributed by atoms with van der Waals surface area (Å²) in [5, 5.41) is 6.82. The number of sulfone groups is 1. The van der Waals surface area contributed by atoms with Crippen LogP contribution < -0.4 is 0 Å². The Balaban J connectivity index is 1.72. The monoisotopic (exact) mass is 333 g/mol. The fraction of sp³-hybridized carbons (Fsp3) is 0.200. The topological polar surface area (TPSA) is 64.8 Å². The highest BCUT2D eigenvalue weighted by Gasteiger charge is 2.15. The van der Waals surface area contributed by atoms with Gasteiger partial charge in [-0.1, -0.05) is 12.1 Å². The van der Waals surface area contributed by atoms with Crippen LogP contribution in [-0.2, 0) is 21.3 Å². The molecule has 1 aromatic carbocycles. The first kappa shape index (κ1) is 14.9. The summed E-state index contributed by atoms with van der Waals surface area (Å²) in [6.07, 6.45) is 3.55. The summed E-state index contributed by atoms with van der Waals surface area (Å²) in [5.74, 6) is 0.00120. The van der Waals surface area contributed by atoms with Gasteiger partial charge in [0.15, 0.2) is 9.84 Å². The lowest BCUT2D eigenvalue weighted by molar-refractivity contribution is 0.594. The van der Waals surface area contributed by atoms with E-state index in [2.05, 4.69) is 10.1 Å². The third-order valence-electron chi connectivity index (χ3n) is 3.13. The first-order chi connectivity index (χ1) is 10.5. The summed E-state index contributed by atoms with van der Waals surface area (Å²) in [6, 6.07) is 9.21. The van der Waals surface area contributed by atoms with Crippen LogP contribution in [0.3, 0.4) is 0 Å². The van der Waals surface area contributed by atoms with Gasteiger partial charge in [0, 0.05) is 17.8 Å². The van der Waals surface area contributed by atoms with Crippen LogP contribution in [0.5, 0.6) is 0 Å². The molecule has 0 unspecified atom stereocenters. The fourth-order valence-corrected chi connectivity index (χ4v) is 4.29. The van der Waals surface area contributed by atoms with Crippen molar-refractivity contribution in [2.45, 2.75) is 18.4 Å². The molecule has 0 amide bonds. The Morgan fingerprint density at radius 2 is 1.95 bits per heavy atom. The van der Waals surface area contributed by atoms with Crippen molar-refractivity contribution >= 4 is 21.2 Å². The van der Waals surface area contributed by atoms with Crippen LogP contribution in [0.1, 0.15) is 16.3 Å². The molecule has 22 heavy (non-hydrogen) atoms. The zero-order chi connectivity index (χ0) is 15.6. The molecule has 0 aliphatic heterocycles. The maximum atomic E-state index is 12.2. The number of hydrogen-bond acceptors (Lipinski definition) is 5. The van der Waals surface area contributed by atoms with E-state index >= 15 is 0 Å². The van der Waals surface area contributed by atoms with Gasteiger partial charge in [0.2, 0.25) is 0 Å². The van der Waals surface area contributed by atoms with Crippen LogP contribution in [0, 0.1) is 6.92 Å². The molecule has 3 rings (SSSR count). The largest absolute Gasteiger partial charge is 0.246 e. The lowest BCUT2D eigenvalue weighted by Crippen LogP contribution is -2.08. The van der Waals surface area contributed by atoms with Crippen LogP contribution in [0.25, 0.3) is 5.69 Å². The van der Waals surface area contributed by atoms with Crippen molar-refractivity contribution in [1.82, 2.24) is 14.8 Å². The van der Waals surface area contributed by atoms with Gasteiger partial charge in [0.25, 0.3) is 0 Å². The number of hydrogen-bond donors (Lipinski definition) is 0. The maximum Gasteiger partial charge on any atom is 0.160 e. The molecule has 0 saturated heterocycles. The predicted molar refractivity (Wildman–Crippen MR) is 86.7 cm³/mol. The molecule has 0 fully saturated rings. The number of aromatic nitrogens is 3. The van der Waals surface area contributed by atoms with Crippen molar-refractivity contribution in [2.75, 3.05) is 0 Å². The number of thiazole rings is 1. The van der Waals surface area contributed by atoms with E-state index in [0.29, 0.717) is 5.69 Å². The van der Waals surface area contributed by atoms with Gasteiger partial charge in [0.05, 0.1) is 27.9 Å². The molecule has 0 radical (unpaired) electrons. The SMILES string of the molecule is Cc1nc(CS(=O)(=O)Cc2ccc(-n3cccn3)cc2)cs1. The predicted octanol–water partition coefficient (Wildman–Crippen LogP) is 2.75. The van der Waals surface area contributed by atoms with Gasteiger partial charge in [-0.3, -0.25) is 0 Å². The normalized spacial score (nSPS) is 11.7. The Bertz CT molecular complexity index is 851. The molecule has 0 N–H and O–H groups in total. The zero-order valence-electron chi connectivity index (χ0n) is 12.0. The van der Waals surface area contributed by atoms with Gasteiger partial charge in [-0.15, -0.1) is 11.3 Å². The summed E-state index contributed by atoms with van der Waals surface area (Å²) < 4.78 is 26.2. The summed E-state index contributed by atoms with van der Waals surface area (Å²) in [4.78, 5) is 4.21. The summed E-state index contributed by atoms with van der Waals surface area (Å²) in [7, 11) is -3.22. The van der Waals surface area contributed by atoms with E-state index < -0.39 is 9.84 Å². The van der Waals surface area contributed by atoms with Crippen LogP contribution in [-0.4, -0.2) is 23.2 Å². The van der Waals surface area contributed by atoms with Gasteiger partial charge < -0.3 is 0 Å². The Hall–Kier alpha value is -1.99. The van der Waals surface area contributed by atoms with Crippen LogP contribution in [0.4, 0.5) is 0 Å². The van der Waals surface area contributed by atoms with E-state index in [1.54, 1.807) is 16.3 Å². The van der Waals surface area contributed by atoms with Crippen molar-refractivity contribution < 1.29 is 8.42 Å². The highest BCUT2D eigenvalue weighted by molar-refractivity contribution is 7.89. The van der Waals surface area contributed by atoms with Crippen molar-refractivity contribution in [1.29, 1.82) is 0 Å². The molecule has 7 heteroatoms. The minimum atomic E-state index is -3.22. The lowest BCUT2D eigenvalue weighted by atomic mass is 10.2. The molecule has 0 saturated carbocycles. The second-order valence-electron chi connectivity index (χ2n) is 5.01. The molecule has 2 heterocycles. The van der Waals surface area contributed by atoms with E-state index in [9.17, 15) is 8.42 Å². The maximum absolute atomic E-state index is 12.2. The minimum absolute atomic E-state index is 0.0156. The van der Waals surface area contributed by atoms with Crippen molar-refractivity contribution in [3.05, 3.63) is 64.4 Å². The van der Waals surface area contributed by atoms with Gasteiger partial charge in [-0.2, -0.15) is 5.10 Å². The summed E-state index contributed by atoms with van der Waals surface area (Å²) in [6.45, 7) is 1.87. The molecular weight excluding hydrogens is 318 g/mol. The number of aryl methyl sites for hydroxylation is 1. The third kappa shape index (κ3) is 3.61. The second-order valence-corrected chi connectivity index (χ2v) is 8.13. The Morgan fingerprint density at radius 1 is 1.18 bits per heavy atom. The number of rotatable bonds is 5. The van der Waals surface area contributed by atoms with Crippen LogP contribution in [0.2, 0.25) is 0 Å². The number of nitrogens with zero attached hydrogens (tertiary/aromatic N) is 3. The van der Waals surface area contributed by atoms with Crippen LogP contribution in [0.15, 0.2) is 48.1 Å². The van der Waals surface area contributed by atoms with E-state index in [-0.39, 0.29) is 11.5 Å². The minimum Gasteiger partial charge on any atom is -0.246 e. The van der Waals surface area contributed by atoms with E-state index in [1.165, 1.54) is 11.3 Å². The third-order valence-corrected chi connectivity index (χ3v) is 5.46. The van der Waals surface area contributed by atoms with Crippen LogP contribution >= 0.6 is 11.3 Å². The lowest BCUT2D eigenvalue weighted by Gasteiger charge is -2.05. The molecule has 114 valence electrons. The molecule has 0 atom stereocenters. The first-order valence-electron chi connectivity index (χ1n) is 6.72. The Labute approximate surface area is 133 Å². The average Bonchev–Trinajstić information content (AvgIpc) is 3.11. The molecular formula is C15H15N3O2S2. The van der Waals surface area contributed by atoms with Crippen molar-refractivity contribution in [3.8, 4) is 5.69 Å². The summed E-state index contributed by atoms with van der Waals surface area (Å²) >= 11 is 1.47. The molecule has 2 aromatic heterocycles. The van der Waals surface area contributed by atoms with E-state index in [1.807, 2.05) is 43.5 Å². The molecule has 0 bridgehead atoms. The number of benzene rings is 1.